The fourth-order valence-corrected chi connectivity index (χ4v) is 2.85. The lowest BCUT2D eigenvalue weighted by molar-refractivity contribution is 0.0263. The Morgan fingerprint density at radius 1 is 1.00 bits per heavy atom. The Hall–Kier alpha value is -0.130. The van der Waals surface area contributed by atoms with Gasteiger partial charge in [0.2, 0.25) is 10.0 Å². The minimum absolute atomic E-state index is 0.108. The third kappa shape index (κ3) is 8.57. The van der Waals surface area contributed by atoms with Crippen LogP contribution in [0.5, 0.6) is 0 Å². The van der Waals surface area contributed by atoms with Gasteiger partial charge >= 0.3 is 0 Å². The number of nitrogens with two attached hydrogens (primary N) is 1. The summed E-state index contributed by atoms with van der Waals surface area (Å²) >= 11 is 0. The van der Waals surface area contributed by atoms with Crippen LogP contribution in [0, 0.1) is 0 Å². The topological polar surface area (TPSA) is 69.4 Å². The van der Waals surface area contributed by atoms with Crippen molar-refractivity contribution in [2.24, 2.45) is 5.14 Å². The van der Waals surface area contributed by atoms with Crippen molar-refractivity contribution in [3.8, 4) is 0 Å². The van der Waals surface area contributed by atoms with Crippen LogP contribution in [0.25, 0.3) is 0 Å². The van der Waals surface area contributed by atoms with E-state index in [9.17, 15) is 8.42 Å². The maximum absolute atomic E-state index is 10.7. The zero-order valence-corrected chi connectivity index (χ0v) is 11.4. The summed E-state index contributed by atoms with van der Waals surface area (Å²) < 4.78 is 27.1. The SMILES string of the molecule is NS(=O)(=O)CCCCCCOC1CCCCC1. The van der Waals surface area contributed by atoms with Gasteiger partial charge in [-0.1, -0.05) is 32.1 Å². The molecule has 0 atom stereocenters. The van der Waals surface area contributed by atoms with Crippen LogP contribution >= 0.6 is 0 Å². The second kappa shape index (κ2) is 8.06. The molecule has 17 heavy (non-hydrogen) atoms. The molecule has 0 aromatic carbocycles. The first-order valence-corrected chi connectivity index (χ1v) is 8.41. The van der Waals surface area contributed by atoms with E-state index in [-0.39, 0.29) is 5.75 Å². The van der Waals surface area contributed by atoms with Crippen LogP contribution in [0.3, 0.4) is 0 Å². The summed E-state index contributed by atoms with van der Waals surface area (Å²) in [5, 5.41) is 4.92. The van der Waals surface area contributed by atoms with Gasteiger partial charge in [0.05, 0.1) is 11.9 Å². The number of unbranched alkanes of at least 4 members (excludes halogenated alkanes) is 3. The molecular weight excluding hydrogens is 238 g/mol. The van der Waals surface area contributed by atoms with Crippen molar-refractivity contribution in [3.05, 3.63) is 0 Å². The van der Waals surface area contributed by atoms with Gasteiger partial charge in [0, 0.05) is 6.61 Å². The van der Waals surface area contributed by atoms with Crippen molar-refractivity contribution >= 4 is 10.0 Å². The molecule has 0 bridgehead atoms. The van der Waals surface area contributed by atoms with Gasteiger partial charge in [-0.05, 0) is 25.7 Å². The maximum Gasteiger partial charge on any atom is 0.209 e. The molecule has 1 fully saturated rings. The van der Waals surface area contributed by atoms with Crippen LogP contribution in [-0.2, 0) is 14.8 Å². The van der Waals surface area contributed by atoms with E-state index in [4.69, 9.17) is 9.88 Å². The standard InChI is InChI=1S/C12H25NO3S/c13-17(14,15)11-7-2-1-6-10-16-12-8-4-3-5-9-12/h12H,1-11H2,(H2,13,14,15). The minimum Gasteiger partial charge on any atom is -0.378 e. The molecule has 0 radical (unpaired) electrons. The molecule has 0 heterocycles. The quantitative estimate of drug-likeness (QED) is 0.682. The Labute approximate surface area is 105 Å². The number of ether oxygens (including phenoxy) is 1. The summed E-state index contributed by atoms with van der Waals surface area (Å²) in [7, 11) is -3.27. The molecule has 1 saturated carbocycles. The molecule has 0 aliphatic heterocycles. The lowest BCUT2D eigenvalue weighted by atomic mass is 9.98. The van der Waals surface area contributed by atoms with Gasteiger partial charge in [-0.2, -0.15) is 0 Å². The molecule has 1 aliphatic carbocycles. The molecule has 0 aromatic rings. The first kappa shape index (κ1) is 14.9. The first-order chi connectivity index (χ1) is 8.08. The third-order valence-corrected chi connectivity index (χ3v) is 4.09. The van der Waals surface area contributed by atoms with E-state index in [0.29, 0.717) is 12.5 Å². The molecule has 1 rings (SSSR count). The highest BCUT2D eigenvalue weighted by Crippen LogP contribution is 2.20. The molecule has 0 unspecified atom stereocenters. The third-order valence-electron chi connectivity index (χ3n) is 3.23. The monoisotopic (exact) mass is 263 g/mol. The highest BCUT2D eigenvalue weighted by atomic mass is 32.2. The van der Waals surface area contributed by atoms with Crippen molar-refractivity contribution in [2.75, 3.05) is 12.4 Å². The van der Waals surface area contributed by atoms with Crippen molar-refractivity contribution < 1.29 is 13.2 Å². The van der Waals surface area contributed by atoms with Gasteiger partial charge in [-0.25, -0.2) is 13.6 Å². The van der Waals surface area contributed by atoms with E-state index in [0.717, 1.165) is 25.9 Å². The van der Waals surface area contributed by atoms with Crippen LogP contribution in [0.15, 0.2) is 0 Å². The molecule has 5 heteroatoms. The zero-order chi connectivity index (χ0) is 12.6. The van der Waals surface area contributed by atoms with Crippen molar-refractivity contribution in [1.29, 1.82) is 0 Å². The average Bonchev–Trinajstić information content (AvgIpc) is 2.28. The van der Waals surface area contributed by atoms with Crippen LogP contribution in [0.4, 0.5) is 0 Å². The molecule has 2 N–H and O–H groups in total. The van der Waals surface area contributed by atoms with Gasteiger partial charge in [-0.3, -0.25) is 0 Å². The Bertz CT molecular complexity index is 284. The number of hydrogen-bond acceptors (Lipinski definition) is 3. The predicted molar refractivity (Wildman–Crippen MR) is 69.3 cm³/mol. The molecule has 0 amide bonds. The number of hydrogen-bond donors (Lipinski definition) is 1. The van der Waals surface area contributed by atoms with Crippen molar-refractivity contribution in [3.63, 3.8) is 0 Å². The minimum atomic E-state index is -3.27. The van der Waals surface area contributed by atoms with Gasteiger partial charge in [-0.15, -0.1) is 0 Å². The Morgan fingerprint density at radius 3 is 2.29 bits per heavy atom. The van der Waals surface area contributed by atoms with E-state index in [1.807, 2.05) is 0 Å². The van der Waals surface area contributed by atoms with Crippen LogP contribution in [0.1, 0.15) is 57.8 Å². The van der Waals surface area contributed by atoms with E-state index in [2.05, 4.69) is 0 Å². The predicted octanol–water partition coefficient (Wildman–Crippen LogP) is 2.18. The summed E-state index contributed by atoms with van der Waals surface area (Å²) in [6.45, 7) is 0.819. The first-order valence-electron chi connectivity index (χ1n) is 6.70. The molecule has 0 saturated heterocycles. The van der Waals surface area contributed by atoms with Gasteiger partial charge in [0.25, 0.3) is 0 Å². The highest BCUT2D eigenvalue weighted by molar-refractivity contribution is 7.89. The van der Waals surface area contributed by atoms with Gasteiger partial charge in [0.1, 0.15) is 0 Å². The lowest BCUT2D eigenvalue weighted by Crippen LogP contribution is -2.17. The summed E-state index contributed by atoms with van der Waals surface area (Å²) in [5.41, 5.74) is 0. The maximum atomic E-state index is 10.7. The van der Waals surface area contributed by atoms with E-state index in [1.165, 1.54) is 32.1 Å². The fraction of sp³-hybridized carbons (Fsp3) is 1.00. The highest BCUT2D eigenvalue weighted by Gasteiger charge is 2.12. The second-order valence-corrected chi connectivity index (χ2v) is 6.65. The Balaban J connectivity index is 1.87. The van der Waals surface area contributed by atoms with Crippen LogP contribution < -0.4 is 5.14 Å². The van der Waals surface area contributed by atoms with E-state index >= 15 is 0 Å². The average molecular weight is 263 g/mol. The second-order valence-electron chi connectivity index (χ2n) is 4.91. The molecular formula is C12H25NO3S. The zero-order valence-electron chi connectivity index (χ0n) is 10.6. The van der Waals surface area contributed by atoms with Crippen molar-refractivity contribution in [2.45, 2.75) is 63.9 Å². The van der Waals surface area contributed by atoms with E-state index in [1.54, 1.807) is 0 Å². The summed E-state index contributed by atoms with van der Waals surface area (Å²) in [4.78, 5) is 0. The van der Waals surface area contributed by atoms with Crippen LogP contribution in [-0.4, -0.2) is 26.9 Å². The number of primary sulfonamides is 1. The molecule has 0 spiro atoms. The van der Waals surface area contributed by atoms with E-state index < -0.39 is 10.0 Å². The lowest BCUT2D eigenvalue weighted by Gasteiger charge is -2.21. The van der Waals surface area contributed by atoms with Crippen molar-refractivity contribution in [1.82, 2.24) is 0 Å². The number of rotatable bonds is 8. The largest absolute Gasteiger partial charge is 0.378 e. The Morgan fingerprint density at radius 2 is 1.65 bits per heavy atom. The Kier molecular flexibility index (Phi) is 7.08. The molecule has 4 nitrogen and oxygen atoms in total. The van der Waals surface area contributed by atoms with Gasteiger partial charge < -0.3 is 4.74 Å². The molecule has 102 valence electrons. The summed E-state index contributed by atoms with van der Waals surface area (Å²) in [5.74, 6) is 0.108. The molecule has 0 aromatic heterocycles. The summed E-state index contributed by atoms with van der Waals surface area (Å²) in [6.07, 6.45) is 10.5. The number of sulfonamides is 1. The molecule has 1 aliphatic rings. The van der Waals surface area contributed by atoms with Crippen LogP contribution in [0.2, 0.25) is 0 Å². The van der Waals surface area contributed by atoms with Gasteiger partial charge in [0.15, 0.2) is 0 Å². The smallest absolute Gasteiger partial charge is 0.209 e. The summed E-state index contributed by atoms with van der Waals surface area (Å²) in [6, 6.07) is 0. The fourth-order valence-electron chi connectivity index (χ4n) is 2.24. The normalized spacial score (nSPS) is 18.4.